The summed E-state index contributed by atoms with van der Waals surface area (Å²) < 4.78 is 18.0. The standard InChI is InChI=1S/C11H14ClFN2O2/c1-11(2,17-10(15)16)5-6-3-7(12)8(13)4-9(6)14/h3-4H,5,14H2,1-2H3,(H2,15,16). The van der Waals surface area contributed by atoms with Gasteiger partial charge in [0.2, 0.25) is 0 Å². The molecule has 0 radical (unpaired) electrons. The normalized spacial score (nSPS) is 11.3. The van der Waals surface area contributed by atoms with Gasteiger partial charge in [0, 0.05) is 12.1 Å². The number of hydrogen-bond acceptors (Lipinski definition) is 3. The first-order chi connectivity index (χ1) is 7.71. The minimum Gasteiger partial charge on any atom is -0.443 e. The maximum atomic E-state index is 13.1. The molecule has 4 N–H and O–H groups in total. The largest absolute Gasteiger partial charge is 0.443 e. The van der Waals surface area contributed by atoms with Crippen LogP contribution >= 0.6 is 11.6 Å². The molecule has 17 heavy (non-hydrogen) atoms. The van der Waals surface area contributed by atoms with Gasteiger partial charge in [0.15, 0.2) is 0 Å². The van der Waals surface area contributed by atoms with E-state index in [2.05, 4.69) is 0 Å². The molecule has 0 heterocycles. The van der Waals surface area contributed by atoms with E-state index in [0.29, 0.717) is 12.0 Å². The molecule has 0 saturated carbocycles. The van der Waals surface area contributed by atoms with Crippen molar-refractivity contribution >= 4 is 23.4 Å². The van der Waals surface area contributed by atoms with Crippen molar-refractivity contribution in [2.45, 2.75) is 25.9 Å². The Morgan fingerprint density at radius 3 is 2.65 bits per heavy atom. The van der Waals surface area contributed by atoms with E-state index in [1.807, 2.05) is 0 Å². The third-order valence-electron chi connectivity index (χ3n) is 2.18. The summed E-state index contributed by atoms with van der Waals surface area (Å²) in [6.45, 7) is 3.35. The molecular weight excluding hydrogens is 247 g/mol. The molecule has 0 aliphatic heterocycles. The summed E-state index contributed by atoms with van der Waals surface area (Å²) in [6, 6.07) is 2.55. The summed E-state index contributed by atoms with van der Waals surface area (Å²) in [6.07, 6.45) is -0.580. The fourth-order valence-electron chi connectivity index (χ4n) is 1.52. The molecule has 0 atom stereocenters. The first kappa shape index (κ1) is 13.6. The summed E-state index contributed by atoms with van der Waals surface area (Å²) >= 11 is 5.66. The van der Waals surface area contributed by atoms with Gasteiger partial charge >= 0.3 is 6.09 Å². The van der Waals surface area contributed by atoms with E-state index >= 15 is 0 Å². The molecule has 1 aromatic rings. The topological polar surface area (TPSA) is 78.3 Å². The van der Waals surface area contributed by atoms with Gasteiger partial charge in [0.25, 0.3) is 0 Å². The third-order valence-corrected chi connectivity index (χ3v) is 2.46. The highest BCUT2D eigenvalue weighted by molar-refractivity contribution is 6.30. The second kappa shape index (κ2) is 4.79. The number of primary amides is 1. The van der Waals surface area contributed by atoms with Crippen LogP contribution < -0.4 is 11.5 Å². The van der Waals surface area contributed by atoms with E-state index < -0.39 is 17.5 Å². The lowest BCUT2D eigenvalue weighted by Gasteiger charge is -2.24. The van der Waals surface area contributed by atoms with Crippen LogP contribution in [0.15, 0.2) is 12.1 Å². The van der Waals surface area contributed by atoms with Crippen LogP contribution in [-0.4, -0.2) is 11.7 Å². The van der Waals surface area contributed by atoms with E-state index in [1.54, 1.807) is 13.8 Å². The molecule has 6 heteroatoms. The van der Waals surface area contributed by atoms with E-state index in [0.717, 1.165) is 6.07 Å². The Labute approximate surface area is 104 Å². The first-order valence-corrected chi connectivity index (χ1v) is 5.31. The van der Waals surface area contributed by atoms with E-state index in [-0.39, 0.29) is 10.7 Å². The van der Waals surface area contributed by atoms with Crippen LogP contribution in [0.2, 0.25) is 5.02 Å². The zero-order chi connectivity index (χ0) is 13.2. The van der Waals surface area contributed by atoms with Gasteiger partial charge in [-0.3, -0.25) is 0 Å². The minimum absolute atomic E-state index is 0.0240. The zero-order valence-corrected chi connectivity index (χ0v) is 10.3. The number of benzene rings is 1. The number of hydrogen-bond donors (Lipinski definition) is 2. The van der Waals surface area contributed by atoms with Crippen LogP contribution in [-0.2, 0) is 11.2 Å². The smallest absolute Gasteiger partial charge is 0.405 e. The van der Waals surface area contributed by atoms with Crippen LogP contribution in [0.5, 0.6) is 0 Å². The zero-order valence-electron chi connectivity index (χ0n) is 9.59. The lowest BCUT2D eigenvalue weighted by molar-refractivity contribution is 0.0461. The molecule has 1 aromatic carbocycles. The molecule has 94 valence electrons. The monoisotopic (exact) mass is 260 g/mol. The number of nitrogens with two attached hydrogens (primary N) is 2. The maximum absolute atomic E-state index is 13.1. The van der Waals surface area contributed by atoms with Crippen molar-refractivity contribution in [3.8, 4) is 0 Å². The number of carbonyl (C=O) groups excluding carboxylic acids is 1. The van der Waals surface area contributed by atoms with Gasteiger partial charge in [-0.1, -0.05) is 11.6 Å². The highest BCUT2D eigenvalue weighted by atomic mass is 35.5. The second-order valence-corrected chi connectivity index (χ2v) is 4.73. The Hall–Kier alpha value is -1.49. The highest BCUT2D eigenvalue weighted by Gasteiger charge is 2.24. The molecule has 1 rings (SSSR count). The van der Waals surface area contributed by atoms with Crippen molar-refractivity contribution < 1.29 is 13.9 Å². The molecule has 0 saturated heterocycles. The Morgan fingerprint density at radius 2 is 2.12 bits per heavy atom. The Kier molecular flexibility index (Phi) is 3.83. The molecule has 0 spiro atoms. The number of amides is 1. The third kappa shape index (κ3) is 3.78. The van der Waals surface area contributed by atoms with Gasteiger partial charge in [-0.2, -0.15) is 0 Å². The summed E-state index contributed by atoms with van der Waals surface area (Å²) in [4.78, 5) is 10.7. The van der Waals surface area contributed by atoms with Crippen LogP contribution in [0.25, 0.3) is 0 Å². The molecule has 0 aliphatic carbocycles. The number of ether oxygens (including phenoxy) is 1. The van der Waals surface area contributed by atoms with Crippen LogP contribution in [0, 0.1) is 5.82 Å². The van der Waals surface area contributed by atoms with Crippen molar-refractivity contribution in [1.82, 2.24) is 0 Å². The van der Waals surface area contributed by atoms with Crippen LogP contribution in [0.4, 0.5) is 14.9 Å². The maximum Gasteiger partial charge on any atom is 0.405 e. The number of halogens is 2. The summed E-state index contributed by atoms with van der Waals surface area (Å²) in [5.74, 6) is -0.582. The predicted molar refractivity (Wildman–Crippen MR) is 64.3 cm³/mol. The van der Waals surface area contributed by atoms with Gasteiger partial charge in [0.05, 0.1) is 5.02 Å². The molecular formula is C11H14ClFN2O2. The van der Waals surface area contributed by atoms with E-state index in [4.69, 9.17) is 27.8 Å². The molecule has 0 fully saturated rings. The van der Waals surface area contributed by atoms with Gasteiger partial charge in [0.1, 0.15) is 11.4 Å². The van der Waals surface area contributed by atoms with Crippen molar-refractivity contribution in [3.63, 3.8) is 0 Å². The molecule has 1 amide bonds. The summed E-state index contributed by atoms with van der Waals surface area (Å²) in [5, 5.41) is -0.0240. The summed E-state index contributed by atoms with van der Waals surface area (Å²) in [5.41, 5.74) is 10.6. The number of nitrogen functional groups attached to an aromatic ring is 1. The lowest BCUT2D eigenvalue weighted by atomic mass is 9.97. The average molecular weight is 261 g/mol. The van der Waals surface area contributed by atoms with Crippen molar-refractivity contribution in [2.24, 2.45) is 5.73 Å². The van der Waals surface area contributed by atoms with Gasteiger partial charge < -0.3 is 16.2 Å². The molecule has 4 nitrogen and oxygen atoms in total. The Morgan fingerprint density at radius 1 is 1.53 bits per heavy atom. The van der Waals surface area contributed by atoms with Crippen molar-refractivity contribution in [3.05, 3.63) is 28.5 Å². The molecule has 0 unspecified atom stereocenters. The number of anilines is 1. The molecule has 0 bridgehead atoms. The fraction of sp³-hybridized carbons (Fsp3) is 0.364. The minimum atomic E-state index is -0.873. The Bertz CT molecular complexity index is 449. The quantitative estimate of drug-likeness (QED) is 0.820. The predicted octanol–water partition coefficient (Wildman–Crippen LogP) is 2.48. The second-order valence-electron chi connectivity index (χ2n) is 4.32. The van der Waals surface area contributed by atoms with Gasteiger partial charge in [-0.15, -0.1) is 0 Å². The number of rotatable bonds is 3. The summed E-state index contributed by atoms with van der Waals surface area (Å²) in [7, 11) is 0. The Balaban J connectivity index is 2.95. The van der Waals surface area contributed by atoms with E-state index in [9.17, 15) is 9.18 Å². The lowest BCUT2D eigenvalue weighted by Crippen LogP contribution is -2.33. The fourth-order valence-corrected chi connectivity index (χ4v) is 1.71. The van der Waals surface area contributed by atoms with Crippen molar-refractivity contribution in [2.75, 3.05) is 5.73 Å². The van der Waals surface area contributed by atoms with Crippen LogP contribution in [0.1, 0.15) is 19.4 Å². The van der Waals surface area contributed by atoms with E-state index in [1.165, 1.54) is 6.07 Å². The van der Waals surface area contributed by atoms with Gasteiger partial charge in [-0.25, -0.2) is 9.18 Å². The van der Waals surface area contributed by atoms with Crippen molar-refractivity contribution in [1.29, 1.82) is 0 Å². The molecule has 0 aromatic heterocycles. The van der Waals surface area contributed by atoms with Crippen LogP contribution in [0.3, 0.4) is 0 Å². The average Bonchev–Trinajstić information content (AvgIpc) is 2.11. The van der Waals surface area contributed by atoms with Gasteiger partial charge in [-0.05, 0) is 31.5 Å². The molecule has 0 aliphatic rings. The first-order valence-electron chi connectivity index (χ1n) is 4.93. The SMILES string of the molecule is CC(C)(Cc1cc(Cl)c(F)cc1N)OC(N)=O. The highest BCUT2D eigenvalue weighted by Crippen LogP contribution is 2.26. The number of carbonyl (C=O) groups is 1.